The minimum absolute atomic E-state index is 0.458. The van der Waals surface area contributed by atoms with E-state index in [1.54, 1.807) is 6.33 Å². The van der Waals surface area contributed by atoms with Gasteiger partial charge in [0.1, 0.15) is 12.2 Å². The Kier molecular flexibility index (Phi) is 3.11. The van der Waals surface area contributed by atoms with Crippen molar-refractivity contribution in [2.24, 2.45) is 5.92 Å². The summed E-state index contributed by atoms with van der Waals surface area (Å²) in [4.78, 5) is 0. The van der Waals surface area contributed by atoms with E-state index in [0.717, 1.165) is 18.3 Å². The van der Waals surface area contributed by atoms with Crippen molar-refractivity contribution in [3.05, 3.63) is 12.2 Å². The third-order valence-electron chi connectivity index (χ3n) is 2.29. The molecule has 1 aromatic heterocycles. The van der Waals surface area contributed by atoms with Crippen molar-refractivity contribution >= 4 is 23.4 Å². The normalized spacial score (nSPS) is 22.4. The van der Waals surface area contributed by atoms with Crippen LogP contribution in [0.5, 0.6) is 0 Å². The predicted octanol–water partition coefficient (Wildman–Crippen LogP) is 1.77. The van der Waals surface area contributed by atoms with Crippen molar-refractivity contribution in [2.75, 3.05) is 11.5 Å². The first kappa shape index (κ1) is 9.34. The molecule has 0 bridgehead atoms. The van der Waals surface area contributed by atoms with Gasteiger partial charge in [-0.1, -0.05) is 0 Å². The van der Waals surface area contributed by atoms with Crippen LogP contribution in [0.25, 0.3) is 0 Å². The second-order valence-electron chi connectivity index (χ2n) is 3.26. The molecule has 1 unspecified atom stereocenters. The van der Waals surface area contributed by atoms with Gasteiger partial charge in [0.25, 0.3) is 0 Å². The van der Waals surface area contributed by atoms with E-state index in [-0.39, 0.29) is 0 Å². The van der Waals surface area contributed by atoms with E-state index >= 15 is 0 Å². The molecule has 1 aliphatic heterocycles. The van der Waals surface area contributed by atoms with Crippen LogP contribution in [0.3, 0.4) is 0 Å². The molecule has 0 N–H and O–H groups in total. The maximum absolute atomic E-state index is 5.73. The highest BCUT2D eigenvalue weighted by Gasteiger charge is 2.17. The number of aromatic nitrogens is 3. The van der Waals surface area contributed by atoms with E-state index < -0.39 is 0 Å². The van der Waals surface area contributed by atoms with Gasteiger partial charge in [-0.3, -0.25) is 0 Å². The standard InChI is InChI=1S/C8H12ClN3S/c9-3-8-11-10-6-12(8)4-7-1-2-13-5-7/h6-7H,1-5H2. The first-order valence-corrected chi connectivity index (χ1v) is 6.09. The molecule has 1 fully saturated rings. The molecular formula is C8H12ClN3S. The first-order valence-electron chi connectivity index (χ1n) is 4.40. The zero-order valence-corrected chi connectivity index (χ0v) is 8.89. The molecular weight excluding hydrogens is 206 g/mol. The summed E-state index contributed by atoms with van der Waals surface area (Å²) in [5.41, 5.74) is 0. The Hall–Kier alpha value is -0.220. The SMILES string of the molecule is ClCc1nncn1CC1CCSC1. The monoisotopic (exact) mass is 217 g/mol. The third-order valence-corrected chi connectivity index (χ3v) is 3.76. The molecule has 3 nitrogen and oxygen atoms in total. The molecule has 1 aromatic rings. The van der Waals surface area contributed by atoms with Crippen LogP contribution in [0.1, 0.15) is 12.2 Å². The van der Waals surface area contributed by atoms with Gasteiger partial charge in [0.05, 0.1) is 5.88 Å². The molecule has 0 aromatic carbocycles. The predicted molar refractivity (Wildman–Crippen MR) is 55.0 cm³/mol. The van der Waals surface area contributed by atoms with Crippen molar-refractivity contribution in [1.29, 1.82) is 0 Å². The topological polar surface area (TPSA) is 30.7 Å². The summed E-state index contributed by atoms with van der Waals surface area (Å²) in [6, 6.07) is 0. The van der Waals surface area contributed by atoms with Crippen LogP contribution >= 0.6 is 23.4 Å². The zero-order valence-electron chi connectivity index (χ0n) is 7.32. The molecule has 0 saturated carbocycles. The maximum Gasteiger partial charge on any atom is 0.147 e. The van der Waals surface area contributed by atoms with Crippen LogP contribution in [0.2, 0.25) is 0 Å². The summed E-state index contributed by atoms with van der Waals surface area (Å²) in [5, 5.41) is 7.81. The molecule has 2 heterocycles. The largest absolute Gasteiger partial charge is 0.316 e. The van der Waals surface area contributed by atoms with Gasteiger partial charge in [-0.15, -0.1) is 21.8 Å². The van der Waals surface area contributed by atoms with Crippen LogP contribution in [0.15, 0.2) is 6.33 Å². The lowest BCUT2D eigenvalue weighted by Crippen LogP contribution is -2.11. The van der Waals surface area contributed by atoms with E-state index in [4.69, 9.17) is 11.6 Å². The average Bonchev–Trinajstić information content (AvgIpc) is 2.76. The van der Waals surface area contributed by atoms with E-state index in [0.29, 0.717) is 5.88 Å². The number of rotatable bonds is 3. The Bertz CT molecular complexity index is 270. The fraction of sp³-hybridized carbons (Fsp3) is 0.750. The number of hydrogen-bond donors (Lipinski definition) is 0. The van der Waals surface area contributed by atoms with Crippen LogP contribution < -0.4 is 0 Å². The number of hydrogen-bond acceptors (Lipinski definition) is 3. The molecule has 1 atom stereocenters. The summed E-state index contributed by atoms with van der Waals surface area (Å²) < 4.78 is 2.07. The number of nitrogens with zero attached hydrogens (tertiary/aromatic N) is 3. The van der Waals surface area contributed by atoms with Crippen LogP contribution in [-0.2, 0) is 12.4 Å². The van der Waals surface area contributed by atoms with E-state index in [2.05, 4.69) is 14.8 Å². The lowest BCUT2D eigenvalue weighted by atomic mass is 10.1. The highest BCUT2D eigenvalue weighted by Crippen LogP contribution is 2.24. The maximum atomic E-state index is 5.73. The molecule has 0 aliphatic carbocycles. The van der Waals surface area contributed by atoms with Crippen LogP contribution in [-0.4, -0.2) is 26.3 Å². The fourth-order valence-electron chi connectivity index (χ4n) is 1.54. The average molecular weight is 218 g/mol. The molecule has 5 heteroatoms. The van der Waals surface area contributed by atoms with E-state index in [1.807, 2.05) is 11.8 Å². The Labute approximate surface area is 86.9 Å². The van der Waals surface area contributed by atoms with Gasteiger partial charge in [-0.05, 0) is 23.8 Å². The summed E-state index contributed by atoms with van der Waals surface area (Å²) in [6.45, 7) is 1.03. The molecule has 0 amide bonds. The van der Waals surface area contributed by atoms with Crippen molar-refractivity contribution in [3.8, 4) is 0 Å². The Morgan fingerprint density at radius 1 is 1.69 bits per heavy atom. The number of thioether (sulfide) groups is 1. The van der Waals surface area contributed by atoms with Gasteiger partial charge in [0.2, 0.25) is 0 Å². The molecule has 13 heavy (non-hydrogen) atoms. The van der Waals surface area contributed by atoms with Crippen molar-refractivity contribution in [2.45, 2.75) is 18.8 Å². The number of alkyl halides is 1. The summed E-state index contributed by atoms with van der Waals surface area (Å²) in [5.74, 6) is 4.68. The van der Waals surface area contributed by atoms with Gasteiger partial charge in [0.15, 0.2) is 0 Å². The molecule has 2 rings (SSSR count). The van der Waals surface area contributed by atoms with Crippen molar-refractivity contribution in [1.82, 2.24) is 14.8 Å². The van der Waals surface area contributed by atoms with Crippen LogP contribution in [0, 0.1) is 5.92 Å². The minimum atomic E-state index is 0.458. The second kappa shape index (κ2) is 4.33. The smallest absolute Gasteiger partial charge is 0.147 e. The van der Waals surface area contributed by atoms with Gasteiger partial charge in [0, 0.05) is 6.54 Å². The lowest BCUT2D eigenvalue weighted by Gasteiger charge is -2.09. The quantitative estimate of drug-likeness (QED) is 0.724. The van der Waals surface area contributed by atoms with E-state index in [1.165, 1.54) is 17.9 Å². The summed E-state index contributed by atoms with van der Waals surface area (Å²) in [6.07, 6.45) is 3.09. The van der Waals surface area contributed by atoms with Gasteiger partial charge < -0.3 is 4.57 Å². The summed E-state index contributed by atoms with van der Waals surface area (Å²) in [7, 11) is 0. The highest BCUT2D eigenvalue weighted by molar-refractivity contribution is 7.99. The van der Waals surface area contributed by atoms with E-state index in [9.17, 15) is 0 Å². The fourth-order valence-corrected chi connectivity index (χ4v) is 3.02. The zero-order chi connectivity index (χ0) is 9.10. The molecule has 0 radical (unpaired) electrons. The summed E-state index contributed by atoms with van der Waals surface area (Å²) >= 11 is 7.76. The number of halogens is 1. The lowest BCUT2D eigenvalue weighted by molar-refractivity contribution is 0.483. The van der Waals surface area contributed by atoms with Crippen molar-refractivity contribution in [3.63, 3.8) is 0 Å². The first-order chi connectivity index (χ1) is 6.40. The molecule has 0 spiro atoms. The Morgan fingerprint density at radius 2 is 2.62 bits per heavy atom. The minimum Gasteiger partial charge on any atom is -0.316 e. The third kappa shape index (κ3) is 2.17. The van der Waals surface area contributed by atoms with Gasteiger partial charge in [-0.25, -0.2) is 0 Å². The Balaban J connectivity index is 1.99. The van der Waals surface area contributed by atoms with Crippen LogP contribution in [0.4, 0.5) is 0 Å². The molecule has 1 aliphatic rings. The molecule has 1 saturated heterocycles. The second-order valence-corrected chi connectivity index (χ2v) is 4.68. The van der Waals surface area contributed by atoms with Gasteiger partial charge in [-0.2, -0.15) is 11.8 Å². The van der Waals surface area contributed by atoms with Gasteiger partial charge >= 0.3 is 0 Å². The highest BCUT2D eigenvalue weighted by atomic mass is 35.5. The molecule has 72 valence electrons. The Morgan fingerprint density at radius 3 is 3.31 bits per heavy atom. The van der Waals surface area contributed by atoms with Crippen molar-refractivity contribution < 1.29 is 0 Å².